The molecule has 1 fully saturated rings. The topological polar surface area (TPSA) is 83.6 Å². The first kappa shape index (κ1) is 22.5. The Labute approximate surface area is 195 Å². The van der Waals surface area contributed by atoms with Crippen LogP contribution in [0.4, 0.5) is 11.4 Å². The molecule has 1 saturated heterocycles. The third-order valence-corrected chi connectivity index (χ3v) is 6.17. The minimum Gasteiger partial charge on any atom is -0.399 e. The van der Waals surface area contributed by atoms with Gasteiger partial charge in [-0.2, -0.15) is 0 Å². The summed E-state index contributed by atoms with van der Waals surface area (Å²) in [5.41, 5.74) is 11.0. The van der Waals surface area contributed by atoms with E-state index in [1.165, 1.54) is 0 Å². The van der Waals surface area contributed by atoms with Crippen LogP contribution in [0.1, 0.15) is 33.1 Å². The summed E-state index contributed by atoms with van der Waals surface area (Å²) >= 11 is 0. The molecule has 1 aromatic heterocycles. The number of rotatable bonds is 6. The molecule has 0 atom stereocenters. The van der Waals surface area contributed by atoms with Gasteiger partial charge in [-0.05, 0) is 73.0 Å². The second-order valence-corrected chi connectivity index (χ2v) is 8.52. The van der Waals surface area contributed by atoms with Gasteiger partial charge in [-0.1, -0.05) is 19.1 Å². The fourth-order valence-corrected chi connectivity index (χ4v) is 4.09. The molecule has 0 saturated carbocycles. The quantitative estimate of drug-likeness (QED) is 0.310. The maximum Gasteiger partial charge on any atom is 0.248 e. The van der Waals surface area contributed by atoms with Crippen LogP contribution in [0.2, 0.25) is 0 Å². The molecule has 1 aliphatic rings. The summed E-state index contributed by atoms with van der Waals surface area (Å²) in [7, 11) is 0. The Kier molecular flexibility index (Phi) is 7.03. The average molecular weight is 442 g/mol. The van der Waals surface area contributed by atoms with Crippen molar-refractivity contribution in [1.29, 1.82) is 0 Å². The summed E-state index contributed by atoms with van der Waals surface area (Å²) < 4.78 is 0. The first-order chi connectivity index (χ1) is 16.0. The molecule has 0 radical (unpaired) electrons. The number of carbonyl (C=O) groups is 1. The van der Waals surface area contributed by atoms with Crippen LogP contribution < -0.4 is 11.1 Å². The van der Waals surface area contributed by atoms with Crippen molar-refractivity contribution in [2.24, 2.45) is 4.99 Å². The number of benzene rings is 2. The number of carbonyl (C=O) groups excluding carboxylic acids is 1. The zero-order valence-corrected chi connectivity index (χ0v) is 19.3. The first-order valence-electron chi connectivity index (χ1n) is 11.5. The zero-order chi connectivity index (χ0) is 23.2. The van der Waals surface area contributed by atoms with Gasteiger partial charge < -0.3 is 16.0 Å². The second kappa shape index (κ2) is 10.3. The molecule has 2 aromatic carbocycles. The molecule has 6 heteroatoms. The molecule has 0 spiro atoms. The monoisotopic (exact) mass is 441 g/mol. The predicted molar refractivity (Wildman–Crippen MR) is 137 cm³/mol. The Morgan fingerprint density at radius 2 is 2.03 bits per heavy atom. The lowest BCUT2D eigenvalue weighted by molar-refractivity contribution is -0.126. The Balaban J connectivity index is 1.48. The molecule has 3 aromatic rings. The number of nitrogens with one attached hydrogen (secondary N) is 1. The molecular weight excluding hydrogens is 410 g/mol. The normalized spacial score (nSPS) is 15.3. The standard InChI is InChI=1S/C27H31N5O/c1-3-19(2)30-12-8-27(33)32-13-9-24(10-14-32)31-26-17-22(20-5-4-6-23(28)16-20)15-21-7-11-29-18-25(21)26/h4-8,11-12,15-18,24,31H,3,9-10,13-14,28H2,1-2H3. The number of pyridine rings is 1. The Morgan fingerprint density at radius 3 is 2.79 bits per heavy atom. The van der Waals surface area contributed by atoms with Crippen molar-refractivity contribution in [1.82, 2.24) is 9.88 Å². The van der Waals surface area contributed by atoms with Gasteiger partial charge in [0.05, 0.1) is 0 Å². The van der Waals surface area contributed by atoms with Crippen molar-refractivity contribution < 1.29 is 4.79 Å². The number of piperidine rings is 1. The molecule has 1 aliphatic heterocycles. The van der Waals surface area contributed by atoms with E-state index in [1.807, 2.05) is 48.5 Å². The van der Waals surface area contributed by atoms with E-state index in [0.717, 1.165) is 71.3 Å². The van der Waals surface area contributed by atoms with Crippen LogP contribution in [0, 0.1) is 0 Å². The van der Waals surface area contributed by atoms with E-state index < -0.39 is 0 Å². The number of likely N-dealkylation sites (tertiary alicyclic amines) is 1. The van der Waals surface area contributed by atoms with Crippen LogP contribution in [0.25, 0.3) is 21.9 Å². The number of hydrogen-bond donors (Lipinski definition) is 2. The summed E-state index contributed by atoms with van der Waals surface area (Å²) in [4.78, 5) is 23.0. The molecule has 170 valence electrons. The van der Waals surface area contributed by atoms with Gasteiger partial charge in [0.2, 0.25) is 5.91 Å². The van der Waals surface area contributed by atoms with Crippen LogP contribution in [0.5, 0.6) is 0 Å². The van der Waals surface area contributed by atoms with Crippen LogP contribution in [-0.4, -0.2) is 40.6 Å². The summed E-state index contributed by atoms with van der Waals surface area (Å²) in [6.07, 6.45) is 9.58. The molecule has 0 unspecified atom stereocenters. The second-order valence-electron chi connectivity index (χ2n) is 8.52. The molecule has 33 heavy (non-hydrogen) atoms. The van der Waals surface area contributed by atoms with Crippen LogP contribution in [-0.2, 0) is 4.79 Å². The van der Waals surface area contributed by atoms with Crippen molar-refractivity contribution in [3.8, 4) is 11.1 Å². The molecular formula is C27H31N5O. The molecule has 2 heterocycles. The van der Waals surface area contributed by atoms with E-state index in [9.17, 15) is 4.79 Å². The van der Waals surface area contributed by atoms with Crippen LogP contribution >= 0.6 is 0 Å². The van der Waals surface area contributed by atoms with Crippen molar-refractivity contribution in [3.63, 3.8) is 0 Å². The van der Waals surface area contributed by atoms with Crippen molar-refractivity contribution >= 4 is 33.8 Å². The Bertz CT molecular complexity index is 1190. The number of nitrogens with zero attached hydrogens (tertiary/aromatic N) is 3. The van der Waals surface area contributed by atoms with E-state index in [2.05, 4.69) is 40.4 Å². The van der Waals surface area contributed by atoms with E-state index in [-0.39, 0.29) is 11.9 Å². The summed E-state index contributed by atoms with van der Waals surface area (Å²) in [6.45, 7) is 5.47. The van der Waals surface area contributed by atoms with Gasteiger partial charge in [-0.25, -0.2) is 0 Å². The zero-order valence-electron chi connectivity index (χ0n) is 19.3. The number of nitrogens with two attached hydrogens (primary N) is 1. The Hall–Kier alpha value is -3.67. The lowest BCUT2D eigenvalue weighted by atomic mass is 9.98. The van der Waals surface area contributed by atoms with Gasteiger partial charge in [0.25, 0.3) is 0 Å². The smallest absolute Gasteiger partial charge is 0.248 e. The number of amides is 1. The highest BCUT2D eigenvalue weighted by Gasteiger charge is 2.22. The molecule has 4 rings (SSSR count). The maximum absolute atomic E-state index is 12.5. The minimum absolute atomic E-state index is 0.0272. The van der Waals surface area contributed by atoms with E-state index in [0.29, 0.717) is 0 Å². The van der Waals surface area contributed by atoms with Crippen molar-refractivity contribution in [3.05, 3.63) is 67.1 Å². The van der Waals surface area contributed by atoms with E-state index >= 15 is 0 Å². The highest BCUT2D eigenvalue weighted by Crippen LogP contribution is 2.32. The molecule has 3 N–H and O–H groups in total. The first-order valence-corrected chi connectivity index (χ1v) is 11.5. The summed E-state index contributed by atoms with van der Waals surface area (Å²) in [5.74, 6) is 0.0272. The maximum atomic E-state index is 12.5. The SMILES string of the molecule is CCC(C)=NC=CC(=O)N1CCC(Nc2cc(-c3cccc(N)c3)cc3ccncc23)CC1. The number of nitrogen functional groups attached to an aromatic ring is 1. The van der Waals surface area contributed by atoms with E-state index in [1.54, 1.807) is 12.3 Å². The van der Waals surface area contributed by atoms with E-state index in [4.69, 9.17) is 5.73 Å². The number of aromatic nitrogens is 1. The van der Waals surface area contributed by atoms with Gasteiger partial charge in [-0.15, -0.1) is 0 Å². The molecule has 1 amide bonds. The lowest BCUT2D eigenvalue weighted by Crippen LogP contribution is -2.41. The van der Waals surface area contributed by atoms with Crippen LogP contribution in [0.15, 0.2) is 72.1 Å². The third kappa shape index (κ3) is 5.58. The Morgan fingerprint density at radius 1 is 1.21 bits per heavy atom. The van der Waals surface area contributed by atoms with Gasteiger partial charge in [0.15, 0.2) is 0 Å². The minimum atomic E-state index is 0.0272. The van der Waals surface area contributed by atoms with Crippen molar-refractivity contribution in [2.75, 3.05) is 24.1 Å². The predicted octanol–water partition coefficient (Wildman–Crippen LogP) is 5.27. The lowest BCUT2D eigenvalue weighted by Gasteiger charge is -2.32. The van der Waals surface area contributed by atoms with Gasteiger partial charge in [0.1, 0.15) is 0 Å². The molecule has 0 aliphatic carbocycles. The van der Waals surface area contributed by atoms with Crippen molar-refractivity contribution in [2.45, 2.75) is 39.2 Å². The number of anilines is 2. The number of aliphatic imine (C=N–C) groups is 1. The number of hydrogen-bond acceptors (Lipinski definition) is 5. The fraction of sp³-hybridized carbons (Fsp3) is 0.296. The highest BCUT2D eigenvalue weighted by molar-refractivity contribution is 5.97. The summed E-state index contributed by atoms with van der Waals surface area (Å²) in [5, 5.41) is 5.95. The largest absolute Gasteiger partial charge is 0.399 e. The van der Waals surface area contributed by atoms with Gasteiger partial charge in [0, 0.05) is 66.3 Å². The fourth-order valence-electron chi connectivity index (χ4n) is 4.09. The highest BCUT2D eigenvalue weighted by atomic mass is 16.2. The summed E-state index contributed by atoms with van der Waals surface area (Å²) in [6, 6.07) is 14.6. The third-order valence-electron chi connectivity index (χ3n) is 6.17. The van der Waals surface area contributed by atoms with Crippen LogP contribution in [0.3, 0.4) is 0 Å². The van der Waals surface area contributed by atoms with Gasteiger partial charge in [-0.3, -0.25) is 14.8 Å². The van der Waals surface area contributed by atoms with Gasteiger partial charge >= 0.3 is 0 Å². The molecule has 6 nitrogen and oxygen atoms in total. The average Bonchev–Trinajstić information content (AvgIpc) is 2.84. The number of fused-ring (bicyclic) bond motifs is 1. The molecule has 0 bridgehead atoms.